The average Bonchev–Trinajstić information content (AvgIpc) is 2.99. The Kier molecular flexibility index (Phi) is 4.57. The van der Waals surface area contributed by atoms with Crippen LogP contribution in [0.2, 0.25) is 0 Å². The van der Waals surface area contributed by atoms with Gasteiger partial charge in [-0.25, -0.2) is 14.0 Å². The number of hydrogen-bond acceptors (Lipinski definition) is 6. The minimum Gasteiger partial charge on any atom is -0.478 e. The summed E-state index contributed by atoms with van der Waals surface area (Å²) in [5, 5.41) is 14.3. The number of halogens is 1. The van der Waals surface area contributed by atoms with Crippen LogP contribution in [0.1, 0.15) is 24.5 Å². The van der Waals surface area contributed by atoms with E-state index in [1.807, 2.05) is 0 Å². The predicted molar refractivity (Wildman–Crippen MR) is 80.4 cm³/mol. The zero-order valence-corrected chi connectivity index (χ0v) is 12.6. The Balaban J connectivity index is 1.63. The largest absolute Gasteiger partial charge is 0.478 e. The van der Waals surface area contributed by atoms with Gasteiger partial charge in [-0.3, -0.25) is 0 Å². The van der Waals surface area contributed by atoms with E-state index >= 15 is 0 Å². The van der Waals surface area contributed by atoms with Gasteiger partial charge in [-0.1, -0.05) is 11.2 Å². The first-order valence-corrected chi connectivity index (χ1v) is 7.46. The van der Waals surface area contributed by atoms with Crippen LogP contribution in [0.4, 0.5) is 4.39 Å². The summed E-state index contributed by atoms with van der Waals surface area (Å²) < 4.78 is 19.2. The molecule has 8 heteroatoms. The van der Waals surface area contributed by atoms with Crippen molar-refractivity contribution in [1.82, 2.24) is 10.2 Å². The molecule has 24 heavy (non-hydrogen) atoms. The molecule has 0 amide bonds. The smallest absolute Gasteiger partial charge is 0.349 e. The fourth-order valence-electron chi connectivity index (χ4n) is 2.77. The maximum absolute atomic E-state index is 14.0. The van der Waals surface area contributed by atoms with E-state index in [-0.39, 0.29) is 11.7 Å². The zero-order valence-electron chi connectivity index (χ0n) is 12.6. The van der Waals surface area contributed by atoms with E-state index in [1.54, 1.807) is 12.1 Å². The lowest BCUT2D eigenvalue weighted by Crippen LogP contribution is -2.34. The van der Waals surface area contributed by atoms with Crippen LogP contribution in [0.25, 0.3) is 11.0 Å². The molecule has 3 rings (SSSR count). The standard InChI is InChI=1S/C16H15FN2O5/c17-11-2-1-3-12-15(11)16(18-23-12)10-6-8-19(9-7-10)24-14(22)5-4-13(20)21/h1-5,10H,6-9H2,(H,20,21)/b5-4+. The van der Waals surface area contributed by atoms with Gasteiger partial charge in [0, 0.05) is 31.2 Å². The topological polar surface area (TPSA) is 92.9 Å². The Morgan fingerprint density at radius 1 is 1.33 bits per heavy atom. The third kappa shape index (κ3) is 3.43. The average molecular weight is 334 g/mol. The molecule has 0 aliphatic carbocycles. The molecule has 1 aliphatic rings. The molecule has 0 spiro atoms. The van der Waals surface area contributed by atoms with Crippen molar-refractivity contribution in [1.29, 1.82) is 0 Å². The molecule has 0 radical (unpaired) electrons. The Labute approximate surface area is 136 Å². The summed E-state index contributed by atoms with van der Waals surface area (Å²) in [5.41, 5.74) is 0.998. The summed E-state index contributed by atoms with van der Waals surface area (Å²) in [5.74, 6) is -2.32. The molecule has 1 aliphatic heterocycles. The molecule has 1 N–H and O–H groups in total. The SMILES string of the molecule is O=C(O)/C=C/C(=O)ON1CCC(c2noc3cccc(F)c23)CC1. The summed E-state index contributed by atoms with van der Waals surface area (Å²) in [7, 11) is 0. The van der Waals surface area contributed by atoms with Crippen LogP contribution in [0, 0.1) is 5.82 Å². The van der Waals surface area contributed by atoms with Crippen molar-refractivity contribution >= 4 is 22.9 Å². The number of carbonyl (C=O) groups is 2. The summed E-state index contributed by atoms with van der Waals surface area (Å²) in [6, 6.07) is 4.61. The molecule has 1 aromatic carbocycles. The summed E-state index contributed by atoms with van der Waals surface area (Å²) in [4.78, 5) is 26.8. The number of carboxylic acid groups (broad SMARTS) is 1. The van der Waals surface area contributed by atoms with Crippen LogP contribution in [0.3, 0.4) is 0 Å². The van der Waals surface area contributed by atoms with E-state index in [0.717, 1.165) is 12.2 Å². The molecule has 1 saturated heterocycles. The maximum atomic E-state index is 14.0. The van der Waals surface area contributed by atoms with E-state index in [9.17, 15) is 14.0 Å². The number of aromatic nitrogens is 1. The second-order valence-corrected chi connectivity index (χ2v) is 5.47. The van der Waals surface area contributed by atoms with E-state index in [4.69, 9.17) is 14.5 Å². The van der Waals surface area contributed by atoms with Crippen LogP contribution in [0.5, 0.6) is 0 Å². The second kappa shape index (κ2) is 6.79. The molecule has 0 unspecified atom stereocenters. The van der Waals surface area contributed by atoms with Gasteiger partial charge in [-0.05, 0) is 25.0 Å². The highest BCUT2D eigenvalue weighted by molar-refractivity contribution is 5.90. The van der Waals surface area contributed by atoms with Crippen molar-refractivity contribution in [2.45, 2.75) is 18.8 Å². The number of piperidine rings is 1. The third-order valence-corrected chi connectivity index (χ3v) is 3.90. The second-order valence-electron chi connectivity index (χ2n) is 5.47. The molecule has 2 heterocycles. The lowest BCUT2D eigenvalue weighted by Gasteiger charge is -2.29. The van der Waals surface area contributed by atoms with Crippen molar-refractivity contribution in [2.24, 2.45) is 0 Å². The highest BCUT2D eigenvalue weighted by Crippen LogP contribution is 2.33. The molecule has 1 aromatic heterocycles. The lowest BCUT2D eigenvalue weighted by atomic mass is 9.92. The van der Waals surface area contributed by atoms with Gasteiger partial charge in [-0.15, -0.1) is 5.06 Å². The van der Waals surface area contributed by atoms with Crippen molar-refractivity contribution in [3.05, 3.63) is 41.9 Å². The van der Waals surface area contributed by atoms with E-state index < -0.39 is 11.9 Å². The van der Waals surface area contributed by atoms with Gasteiger partial charge in [0.25, 0.3) is 0 Å². The first kappa shape index (κ1) is 16.1. The van der Waals surface area contributed by atoms with Gasteiger partial charge in [0.2, 0.25) is 0 Å². The Morgan fingerprint density at radius 3 is 2.79 bits per heavy atom. The lowest BCUT2D eigenvalue weighted by molar-refractivity contribution is -0.189. The fraction of sp³-hybridized carbons (Fsp3) is 0.312. The number of nitrogens with zero attached hydrogens (tertiary/aromatic N) is 2. The molecule has 7 nitrogen and oxygen atoms in total. The number of benzene rings is 1. The highest BCUT2D eigenvalue weighted by Gasteiger charge is 2.27. The van der Waals surface area contributed by atoms with Crippen LogP contribution in [-0.4, -0.2) is 40.4 Å². The minimum atomic E-state index is -1.22. The van der Waals surface area contributed by atoms with Gasteiger partial charge in [0.05, 0.1) is 11.1 Å². The van der Waals surface area contributed by atoms with Gasteiger partial charge in [-0.2, -0.15) is 0 Å². The summed E-state index contributed by atoms with van der Waals surface area (Å²) in [6.45, 7) is 0.889. The highest BCUT2D eigenvalue weighted by atomic mass is 19.1. The van der Waals surface area contributed by atoms with Crippen molar-refractivity contribution in [3.63, 3.8) is 0 Å². The van der Waals surface area contributed by atoms with E-state index in [1.165, 1.54) is 11.1 Å². The number of carboxylic acids is 1. The van der Waals surface area contributed by atoms with Gasteiger partial charge in [0.1, 0.15) is 5.82 Å². The fourth-order valence-corrected chi connectivity index (χ4v) is 2.77. The molecular weight excluding hydrogens is 319 g/mol. The molecule has 126 valence electrons. The van der Waals surface area contributed by atoms with Crippen LogP contribution in [-0.2, 0) is 14.4 Å². The van der Waals surface area contributed by atoms with E-state index in [0.29, 0.717) is 42.6 Å². The van der Waals surface area contributed by atoms with Crippen molar-refractivity contribution in [3.8, 4) is 0 Å². The predicted octanol–water partition coefficient (Wildman–Crippen LogP) is 2.25. The monoisotopic (exact) mass is 334 g/mol. The van der Waals surface area contributed by atoms with Gasteiger partial charge < -0.3 is 14.5 Å². The maximum Gasteiger partial charge on any atom is 0.349 e. The minimum absolute atomic E-state index is 0.00710. The van der Waals surface area contributed by atoms with Gasteiger partial charge in [0.15, 0.2) is 5.58 Å². The molecule has 0 saturated carbocycles. The number of aliphatic carboxylic acids is 1. The number of rotatable bonds is 4. The van der Waals surface area contributed by atoms with Crippen LogP contribution in [0.15, 0.2) is 34.9 Å². The summed E-state index contributed by atoms with van der Waals surface area (Å²) >= 11 is 0. The Morgan fingerprint density at radius 2 is 2.08 bits per heavy atom. The number of fused-ring (bicyclic) bond motifs is 1. The Hall–Kier alpha value is -2.74. The molecular formula is C16H15FN2O5. The molecule has 1 fully saturated rings. The molecule has 2 aromatic rings. The normalized spacial score (nSPS) is 16.7. The number of hydroxylamine groups is 2. The summed E-state index contributed by atoms with van der Waals surface area (Å²) in [6.07, 6.45) is 2.81. The molecule has 0 bridgehead atoms. The third-order valence-electron chi connectivity index (χ3n) is 3.90. The van der Waals surface area contributed by atoms with E-state index in [2.05, 4.69) is 5.16 Å². The zero-order chi connectivity index (χ0) is 17.1. The van der Waals surface area contributed by atoms with Crippen molar-refractivity contribution < 1.29 is 28.4 Å². The van der Waals surface area contributed by atoms with Gasteiger partial charge >= 0.3 is 11.9 Å². The number of carbonyl (C=O) groups excluding carboxylic acids is 1. The first-order chi connectivity index (χ1) is 11.5. The quantitative estimate of drug-likeness (QED) is 0.857. The van der Waals surface area contributed by atoms with Crippen molar-refractivity contribution in [2.75, 3.05) is 13.1 Å². The first-order valence-electron chi connectivity index (χ1n) is 7.46. The Bertz CT molecular complexity index is 793. The molecule has 0 atom stereocenters. The van der Waals surface area contributed by atoms with Crippen LogP contribution < -0.4 is 0 Å². The van der Waals surface area contributed by atoms with Crippen LogP contribution >= 0.6 is 0 Å². The number of hydrogen-bond donors (Lipinski definition) is 1.